The van der Waals surface area contributed by atoms with Crippen LogP contribution < -0.4 is 0 Å². The standard InChI is InChI=1S/C12H26O2.2C7H6O2/c1-7-9-12(14,11(5,6)13)10(3,4)8-2;2*8-7(9)6-4-2-1-3-5-6/h13-14H,7-9H2,1-6H3;2*1-5H,(H,8,9). The van der Waals surface area contributed by atoms with Crippen LogP contribution in [0.3, 0.4) is 0 Å². The van der Waals surface area contributed by atoms with Crippen LogP contribution in [-0.2, 0) is 0 Å². The van der Waals surface area contributed by atoms with Gasteiger partial charge < -0.3 is 20.4 Å². The van der Waals surface area contributed by atoms with Gasteiger partial charge in [0.05, 0.1) is 22.3 Å². The number of benzene rings is 2. The summed E-state index contributed by atoms with van der Waals surface area (Å²) in [6, 6.07) is 16.6. The average molecular weight is 447 g/mol. The number of aromatic carboxylic acids is 2. The minimum atomic E-state index is -1.05. The van der Waals surface area contributed by atoms with Crippen LogP contribution in [-0.4, -0.2) is 43.6 Å². The van der Waals surface area contributed by atoms with Gasteiger partial charge in [-0.2, -0.15) is 0 Å². The number of hydrogen-bond acceptors (Lipinski definition) is 4. The molecule has 0 radical (unpaired) electrons. The van der Waals surface area contributed by atoms with E-state index in [1.165, 1.54) is 0 Å². The van der Waals surface area contributed by atoms with E-state index in [0.717, 1.165) is 12.8 Å². The Hall–Kier alpha value is -2.70. The van der Waals surface area contributed by atoms with Crippen LogP contribution in [0.25, 0.3) is 0 Å². The summed E-state index contributed by atoms with van der Waals surface area (Å²) in [5.74, 6) is -1.76. The number of carboxylic acids is 2. The van der Waals surface area contributed by atoms with Crippen molar-refractivity contribution in [3.8, 4) is 0 Å². The van der Waals surface area contributed by atoms with E-state index >= 15 is 0 Å². The van der Waals surface area contributed by atoms with Crippen LogP contribution in [0.1, 0.15) is 81.5 Å². The second kappa shape index (κ2) is 13.0. The van der Waals surface area contributed by atoms with Gasteiger partial charge in [0.15, 0.2) is 0 Å². The van der Waals surface area contributed by atoms with Gasteiger partial charge in [0, 0.05) is 0 Å². The number of aliphatic hydroxyl groups is 2. The average Bonchev–Trinajstić information content (AvgIpc) is 2.75. The van der Waals surface area contributed by atoms with E-state index in [9.17, 15) is 19.8 Å². The molecule has 2 aromatic rings. The number of carbonyl (C=O) groups is 2. The molecule has 0 heterocycles. The fraction of sp³-hybridized carbons (Fsp3) is 0.462. The molecule has 2 rings (SSSR count). The molecule has 0 bridgehead atoms. The van der Waals surface area contributed by atoms with E-state index in [1.807, 2.05) is 27.7 Å². The highest BCUT2D eigenvalue weighted by molar-refractivity contribution is 5.87. The minimum absolute atomic E-state index is 0.263. The zero-order chi connectivity index (χ0) is 25.0. The summed E-state index contributed by atoms with van der Waals surface area (Å²) in [4.78, 5) is 20.4. The number of rotatable bonds is 7. The third kappa shape index (κ3) is 8.81. The predicted molar refractivity (Wildman–Crippen MR) is 127 cm³/mol. The van der Waals surface area contributed by atoms with Crippen LogP contribution in [0.2, 0.25) is 0 Å². The number of hydrogen-bond donors (Lipinski definition) is 4. The van der Waals surface area contributed by atoms with E-state index in [1.54, 1.807) is 74.5 Å². The lowest BCUT2D eigenvalue weighted by atomic mass is 9.63. The lowest BCUT2D eigenvalue weighted by Crippen LogP contribution is -2.59. The smallest absolute Gasteiger partial charge is 0.335 e. The van der Waals surface area contributed by atoms with Crippen LogP contribution in [0, 0.1) is 5.41 Å². The highest BCUT2D eigenvalue weighted by Gasteiger charge is 2.51. The van der Waals surface area contributed by atoms with E-state index in [-0.39, 0.29) is 5.41 Å². The molecule has 0 spiro atoms. The molecule has 2 aromatic carbocycles. The first kappa shape index (κ1) is 29.3. The molecule has 0 aliphatic rings. The summed E-state index contributed by atoms with van der Waals surface area (Å²) in [5.41, 5.74) is -1.66. The van der Waals surface area contributed by atoms with Gasteiger partial charge in [-0.1, -0.05) is 70.5 Å². The van der Waals surface area contributed by atoms with Crippen molar-refractivity contribution in [2.24, 2.45) is 5.41 Å². The van der Waals surface area contributed by atoms with Gasteiger partial charge in [-0.25, -0.2) is 9.59 Å². The quantitative estimate of drug-likeness (QED) is 0.447. The van der Waals surface area contributed by atoms with Gasteiger partial charge in [-0.15, -0.1) is 0 Å². The Kier molecular flexibility index (Phi) is 11.9. The summed E-state index contributed by atoms with van der Waals surface area (Å²) in [7, 11) is 0. The van der Waals surface area contributed by atoms with Crippen LogP contribution in [0.5, 0.6) is 0 Å². The Balaban J connectivity index is 0.000000466. The summed E-state index contributed by atoms with van der Waals surface area (Å²) in [5, 5.41) is 37.5. The van der Waals surface area contributed by atoms with Crippen molar-refractivity contribution in [1.82, 2.24) is 0 Å². The second-order valence-electron chi connectivity index (χ2n) is 8.75. The van der Waals surface area contributed by atoms with Crippen molar-refractivity contribution in [3.05, 3.63) is 71.8 Å². The molecule has 32 heavy (non-hydrogen) atoms. The molecular weight excluding hydrogens is 408 g/mol. The molecule has 0 amide bonds. The predicted octanol–water partition coefficient (Wildman–Crippen LogP) is 5.49. The highest BCUT2D eigenvalue weighted by atomic mass is 16.4. The largest absolute Gasteiger partial charge is 0.478 e. The normalized spacial score (nSPS) is 12.9. The Morgan fingerprint density at radius 2 is 1.06 bits per heavy atom. The molecule has 4 N–H and O–H groups in total. The van der Waals surface area contributed by atoms with Gasteiger partial charge in [-0.05, 0) is 56.4 Å². The van der Waals surface area contributed by atoms with Crippen LogP contribution >= 0.6 is 0 Å². The number of carboxylic acid groups (broad SMARTS) is 2. The van der Waals surface area contributed by atoms with Gasteiger partial charge in [-0.3, -0.25) is 0 Å². The van der Waals surface area contributed by atoms with Crippen LogP contribution in [0.4, 0.5) is 0 Å². The monoisotopic (exact) mass is 446 g/mol. The molecule has 178 valence electrons. The maximum atomic E-state index is 10.6. The maximum absolute atomic E-state index is 10.6. The van der Waals surface area contributed by atoms with Crippen molar-refractivity contribution in [3.63, 3.8) is 0 Å². The van der Waals surface area contributed by atoms with Crippen molar-refractivity contribution in [2.75, 3.05) is 0 Å². The molecule has 0 saturated carbocycles. The topological polar surface area (TPSA) is 115 Å². The Labute approximate surface area is 191 Å². The highest BCUT2D eigenvalue weighted by Crippen LogP contribution is 2.44. The lowest BCUT2D eigenvalue weighted by molar-refractivity contribution is -0.197. The summed E-state index contributed by atoms with van der Waals surface area (Å²) in [6.45, 7) is 11.5. The second-order valence-corrected chi connectivity index (χ2v) is 8.75. The Morgan fingerprint density at radius 1 is 0.719 bits per heavy atom. The zero-order valence-electron chi connectivity index (χ0n) is 20.0. The minimum Gasteiger partial charge on any atom is -0.478 e. The van der Waals surface area contributed by atoms with E-state index in [4.69, 9.17) is 10.2 Å². The summed E-state index contributed by atoms with van der Waals surface area (Å²) < 4.78 is 0. The summed E-state index contributed by atoms with van der Waals surface area (Å²) >= 11 is 0. The molecule has 0 aliphatic carbocycles. The summed E-state index contributed by atoms with van der Waals surface area (Å²) in [6.07, 6.45) is 2.37. The third-order valence-electron chi connectivity index (χ3n) is 5.67. The van der Waals surface area contributed by atoms with Crippen molar-refractivity contribution >= 4 is 11.9 Å². The van der Waals surface area contributed by atoms with Crippen molar-refractivity contribution < 1.29 is 30.0 Å². The zero-order valence-corrected chi connectivity index (χ0v) is 20.0. The molecule has 6 heteroatoms. The fourth-order valence-corrected chi connectivity index (χ4v) is 3.29. The molecule has 0 saturated heterocycles. The Morgan fingerprint density at radius 3 is 1.25 bits per heavy atom. The first-order valence-electron chi connectivity index (χ1n) is 10.7. The Bertz CT molecular complexity index is 760. The van der Waals surface area contributed by atoms with E-state index < -0.39 is 23.1 Å². The van der Waals surface area contributed by atoms with E-state index in [2.05, 4.69) is 0 Å². The molecule has 6 nitrogen and oxygen atoms in total. The fourth-order valence-electron chi connectivity index (χ4n) is 3.29. The molecule has 0 aliphatic heterocycles. The first-order valence-corrected chi connectivity index (χ1v) is 10.7. The van der Waals surface area contributed by atoms with Gasteiger partial charge >= 0.3 is 11.9 Å². The third-order valence-corrected chi connectivity index (χ3v) is 5.67. The molecule has 1 atom stereocenters. The SMILES string of the molecule is CCCC(O)(C(C)(C)O)C(C)(C)CC.O=C(O)c1ccccc1.O=C(O)c1ccccc1. The van der Waals surface area contributed by atoms with Crippen molar-refractivity contribution in [1.29, 1.82) is 0 Å². The first-order chi connectivity index (χ1) is 14.7. The van der Waals surface area contributed by atoms with E-state index in [0.29, 0.717) is 17.5 Å². The van der Waals surface area contributed by atoms with Gasteiger partial charge in [0.1, 0.15) is 0 Å². The molecule has 1 unspecified atom stereocenters. The van der Waals surface area contributed by atoms with Crippen molar-refractivity contribution in [2.45, 2.75) is 72.0 Å². The molecule has 0 aromatic heterocycles. The molecule has 0 fully saturated rings. The molecular formula is C26H38O6. The van der Waals surface area contributed by atoms with Crippen LogP contribution in [0.15, 0.2) is 60.7 Å². The maximum Gasteiger partial charge on any atom is 0.335 e. The lowest BCUT2D eigenvalue weighted by Gasteiger charge is -2.49. The van der Waals surface area contributed by atoms with Gasteiger partial charge in [0.2, 0.25) is 0 Å². The van der Waals surface area contributed by atoms with Gasteiger partial charge in [0.25, 0.3) is 0 Å².